The third-order valence-corrected chi connectivity index (χ3v) is 2.78. The summed E-state index contributed by atoms with van der Waals surface area (Å²) in [6, 6.07) is 3.65. The standard InChI is InChI=1S/C11H7BrF3NO3/c1-18-10(17)4-8-6(5-16)2-7(3-9(8)12)19-11(13,14)15/h2-3H,4H2,1H3. The molecule has 1 aromatic carbocycles. The van der Waals surface area contributed by atoms with Gasteiger partial charge < -0.3 is 9.47 Å². The number of nitriles is 1. The zero-order chi connectivity index (χ0) is 14.6. The molecule has 0 saturated carbocycles. The highest BCUT2D eigenvalue weighted by Gasteiger charge is 2.31. The third-order valence-electron chi connectivity index (χ3n) is 2.07. The van der Waals surface area contributed by atoms with Crippen LogP contribution in [-0.2, 0) is 16.0 Å². The van der Waals surface area contributed by atoms with Crippen molar-refractivity contribution in [3.8, 4) is 11.8 Å². The molecule has 4 nitrogen and oxygen atoms in total. The van der Waals surface area contributed by atoms with Gasteiger partial charge in [0.25, 0.3) is 0 Å². The molecular weight excluding hydrogens is 331 g/mol. The predicted octanol–water partition coefficient (Wildman–Crippen LogP) is 2.93. The SMILES string of the molecule is COC(=O)Cc1c(Br)cc(OC(F)(F)F)cc1C#N. The summed E-state index contributed by atoms with van der Waals surface area (Å²) in [4.78, 5) is 11.2. The molecule has 0 heterocycles. The molecule has 0 aliphatic heterocycles. The maximum Gasteiger partial charge on any atom is 0.573 e. The first-order valence-electron chi connectivity index (χ1n) is 4.82. The van der Waals surface area contributed by atoms with E-state index in [1.54, 1.807) is 6.07 Å². The van der Waals surface area contributed by atoms with Crippen LogP contribution < -0.4 is 4.74 Å². The fourth-order valence-corrected chi connectivity index (χ4v) is 1.88. The molecule has 0 saturated heterocycles. The number of alkyl halides is 3. The summed E-state index contributed by atoms with van der Waals surface area (Å²) in [5.41, 5.74) is 0.142. The van der Waals surface area contributed by atoms with Crippen LogP contribution in [0.15, 0.2) is 16.6 Å². The van der Waals surface area contributed by atoms with E-state index >= 15 is 0 Å². The van der Waals surface area contributed by atoms with E-state index in [1.807, 2.05) is 0 Å². The molecule has 0 bridgehead atoms. The smallest absolute Gasteiger partial charge is 0.469 e. The highest BCUT2D eigenvalue weighted by atomic mass is 79.9. The second kappa shape index (κ2) is 5.93. The summed E-state index contributed by atoms with van der Waals surface area (Å²) in [6.45, 7) is 0. The fourth-order valence-electron chi connectivity index (χ4n) is 1.30. The first-order chi connectivity index (χ1) is 8.76. The van der Waals surface area contributed by atoms with E-state index in [4.69, 9.17) is 5.26 Å². The Hall–Kier alpha value is -1.75. The number of benzene rings is 1. The number of carbonyl (C=O) groups excluding carboxylic acids is 1. The maximum absolute atomic E-state index is 12.1. The predicted molar refractivity (Wildman–Crippen MR) is 61.3 cm³/mol. The molecule has 102 valence electrons. The molecule has 0 atom stereocenters. The molecular formula is C11H7BrF3NO3. The van der Waals surface area contributed by atoms with Crippen molar-refractivity contribution in [2.45, 2.75) is 12.8 Å². The molecule has 0 aromatic heterocycles. The van der Waals surface area contributed by atoms with Crippen molar-refractivity contribution in [3.05, 3.63) is 27.7 Å². The first-order valence-corrected chi connectivity index (χ1v) is 5.61. The summed E-state index contributed by atoms with van der Waals surface area (Å²) in [5, 5.41) is 8.89. The Morgan fingerprint density at radius 3 is 2.58 bits per heavy atom. The van der Waals surface area contributed by atoms with Gasteiger partial charge in [0.05, 0.1) is 25.2 Å². The second-order valence-corrected chi connectivity index (χ2v) is 4.20. The largest absolute Gasteiger partial charge is 0.573 e. The molecule has 0 unspecified atom stereocenters. The lowest BCUT2D eigenvalue weighted by atomic mass is 10.1. The van der Waals surface area contributed by atoms with E-state index in [9.17, 15) is 18.0 Å². The van der Waals surface area contributed by atoms with Crippen LogP contribution in [0.3, 0.4) is 0 Å². The quantitative estimate of drug-likeness (QED) is 0.795. The van der Waals surface area contributed by atoms with Crippen LogP contribution >= 0.6 is 15.9 Å². The third kappa shape index (κ3) is 4.44. The zero-order valence-corrected chi connectivity index (χ0v) is 11.1. The minimum Gasteiger partial charge on any atom is -0.469 e. The average molecular weight is 338 g/mol. The average Bonchev–Trinajstić information content (AvgIpc) is 2.29. The molecule has 1 rings (SSSR count). The van der Waals surface area contributed by atoms with E-state index in [1.165, 1.54) is 7.11 Å². The van der Waals surface area contributed by atoms with E-state index in [0.717, 1.165) is 12.1 Å². The highest BCUT2D eigenvalue weighted by molar-refractivity contribution is 9.10. The van der Waals surface area contributed by atoms with Crippen LogP contribution in [-0.4, -0.2) is 19.4 Å². The summed E-state index contributed by atoms with van der Waals surface area (Å²) < 4.78 is 44.6. The van der Waals surface area contributed by atoms with E-state index in [0.29, 0.717) is 0 Å². The minimum absolute atomic E-state index is 0.0981. The van der Waals surface area contributed by atoms with Crippen molar-refractivity contribution >= 4 is 21.9 Å². The molecule has 19 heavy (non-hydrogen) atoms. The van der Waals surface area contributed by atoms with Gasteiger partial charge in [-0.3, -0.25) is 4.79 Å². The van der Waals surface area contributed by atoms with Gasteiger partial charge in [-0.15, -0.1) is 13.2 Å². The molecule has 0 amide bonds. The lowest BCUT2D eigenvalue weighted by molar-refractivity contribution is -0.274. The zero-order valence-electron chi connectivity index (χ0n) is 9.55. The topological polar surface area (TPSA) is 59.3 Å². The van der Waals surface area contributed by atoms with Gasteiger partial charge in [-0.25, -0.2) is 0 Å². The number of ether oxygens (including phenoxy) is 2. The molecule has 0 N–H and O–H groups in total. The molecule has 1 aromatic rings. The van der Waals surface area contributed by atoms with E-state index in [-0.39, 0.29) is 22.0 Å². The normalized spacial score (nSPS) is 10.7. The number of hydrogen-bond donors (Lipinski definition) is 0. The first kappa shape index (κ1) is 15.3. The van der Waals surface area contributed by atoms with Gasteiger partial charge in [-0.05, 0) is 17.7 Å². The Balaban J connectivity index is 3.16. The number of rotatable bonds is 3. The van der Waals surface area contributed by atoms with Crippen LogP contribution in [0.25, 0.3) is 0 Å². The number of nitrogens with zero attached hydrogens (tertiary/aromatic N) is 1. The number of esters is 1. The fraction of sp³-hybridized carbons (Fsp3) is 0.273. The van der Waals surface area contributed by atoms with Crippen LogP contribution in [0.5, 0.6) is 5.75 Å². The van der Waals surface area contributed by atoms with Gasteiger partial charge >= 0.3 is 12.3 Å². The van der Waals surface area contributed by atoms with Gasteiger partial charge in [-0.1, -0.05) is 15.9 Å². The van der Waals surface area contributed by atoms with Crippen molar-refractivity contribution in [1.82, 2.24) is 0 Å². The summed E-state index contributed by atoms with van der Waals surface area (Å²) >= 11 is 3.00. The molecule has 0 spiro atoms. The monoisotopic (exact) mass is 337 g/mol. The highest BCUT2D eigenvalue weighted by Crippen LogP contribution is 2.30. The summed E-state index contributed by atoms with van der Waals surface area (Å²) in [6.07, 6.45) is -5.08. The van der Waals surface area contributed by atoms with Crippen LogP contribution in [0.2, 0.25) is 0 Å². The number of carbonyl (C=O) groups is 1. The Kier molecular flexibility index (Phi) is 4.78. The van der Waals surface area contributed by atoms with Crippen molar-refractivity contribution < 1.29 is 27.4 Å². The van der Waals surface area contributed by atoms with Crippen molar-refractivity contribution in [3.63, 3.8) is 0 Å². The van der Waals surface area contributed by atoms with Crippen molar-refractivity contribution in [2.75, 3.05) is 7.11 Å². The lowest BCUT2D eigenvalue weighted by Gasteiger charge is -2.12. The Morgan fingerprint density at radius 1 is 1.47 bits per heavy atom. The van der Waals surface area contributed by atoms with Crippen molar-refractivity contribution in [1.29, 1.82) is 5.26 Å². The number of hydrogen-bond acceptors (Lipinski definition) is 4. The summed E-state index contributed by atoms with van der Waals surface area (Å²) in [7, 11) is 1.17. The lowest BCUT2D eigenvalue weighted by Crippen LogP contribution is -2.17. The molecule has 8 heteroatoms. The van der Waals surface area contributed by atoms with Gasteiger partial charge in [0.15, 0.2) is 0 Å². The van der Waals surface area contributed by atoms with Gasteiger partial charge in [0, 0.05) is 4.47 Å². The Morgan fingerprint density at radius 2 is 2.11 bits per heavy atom. The van der Waals surface area contributed by atoms with Crippen LogP contribution in [0.4, 0.5) is 13.2 Å². The van der Waals surface area contributed by atoms with E-state index < -0.39 is 18.1 Å². The van der Waals surface area contributed by atoms with E-state index in [2.05, 4.69) is 25.4 Å². The molecule has 0 aliphatic rings. The van der Waals surface area contributed by atoms with Crippen LogP contribution in [0.1, 0.15) is 11.1 Å². The number of halogens is 4. The van der Waals surface area contributed by atoms with Gasteiger partial charge in [0.2, 0.25) is 0 Å². The van der Waals surface area contributed by atoms with Crippen molar-refractivity contribution in [2.24, 2.45) is 0 Å². The Labute approximate surface area is 114 Å². The maximum atomic E-state index is 12.1. The van der Waals surface area contributed by atoms with Gasteiger partial charge in [0.1, 0.15) is 5.75 Å². The molecule has 0 fully saturated rings. The molecule has 0 radical (unpaired) electrons. The molecule has 0 aliphatic carbocycles. The minimum atomic E-state index is -4.85. The number of methoxy groups -OCH3 is 1. The van der Waals surface area contributed by atoms with Gasteiger partial charge in [-0.2, -0.15) is 5.26 Å². The Bertz CT molecular complexity index is 537. The summed E-state index contributed by atoms with van der Waals surface area (Å²) in [5.74, 6) is -1.15. The second-order valence-electron chi connectivity index (χ2n) is 3.34. The van der Waals surface area contributed by atoms with Crippen LogP contribution in [0, 0.1) is 11.3 Å².